The third-order valence-corrected chi connectivity index (χ3v) is 5.58. The molecule has 1 N–H and O–H groups in total. The quantitative estimate of drug-likeness (QED) is 0.924. The van der Waals surface area contributed by atoms with Crippen molar-refractivity contribution < 1.29 is 8.81 Å². The Hall–Kier alpha value is -1.79. The van der Waals surface area contributed by atoms with Gasteiger partial charge in [-0.2, -0.15) is 0 Å². The lowest BCUT2D eigenvalue weighted by atomic mass is 9.79. The molecule has 2 fully saturated rings. The second-order valence-electron chi connectivity index (χ2n) is 7.21. The molecular formula is C19H25FN4O. The van der Waals surface area contributed by atoms with E-state index in [-0.39, 0.29) is 5.82 Å². The predicted octanol–water partition coefficient (Wildman–Crippen LogP) is 3.09. The number of likely N-dealkylation sites (tertiary alicyclic amines) is 1. The van der Waals surface area contributed by atoms with Crippen molar-refractivity contribution in [1.29, 1.82) is 0 Å². The molecule has 2 aliphatic rings. The molecule has 1 aromatic carbocycles. The third-order valence-electron chi connectivity index (χ3n) is 5.58. The van der Waals surface area contributed by atoms with Crippen LogP contribution in [-0.2, 0) is 6.54 Å². The van der Waals surface area contributed by atoms with Gasteiger partial charge in [0.1, 0.15) is 5.82 Å². The monoisotopic (exact) mass is 344 g/mol. The van der Waals surface area contributed by atoms with Gasteiger partial charge in [0.25, 0.3) is 0 Å². The number of piperidine rings is 2. The summed E-state index contributed by atoms with van der Waals surface area (Å²) in [7, 11) is 0. The molecule has 0 saturated carbocycles. The highest BCUT2D eigenvalue weighted by Gasteiger charge is 2.28. The Morgan fingerprint density at radius 3 is 2.60 bits per heavy atom. The van der Waals surface area contributed by atoms with Crippen LogP contribution >= 0.6 is 0 Å². The minimum atomic E-state index is -0.294. The van der Waals surface area contributed by atoms with Crippen molar-refractivity contribution in [2.45, 2.75) is 32.2 Å². The second kappa shape index (κ2) is 7.62. The number of hydrogen-bond donors (Lipinski definition) is 1. The van der Waals surface area contributed by atoms with E-state index in [4.69, 9.17) is 4.42 Å². The molecule has 2 saturated heterocycles. The Morgan fingerprint density at radius 2 is 1.84 bits per heavy atom. The van der Waals surface area contributed by atoms with Crippen LogP contribution in [0.1, 0.15) is 31.6 Å². The lowest BCUT2D eigenvalue weighted by Crippen LogP contribution is -2.39. The van der Waals surface area contributed by atoms with Gasteiger partial charge < -0.3 is 9.73 Å². The van der Waals surface area contributed by atoms with Gasteiger partial charge in [-0.3, -0.25) is 4.90 Å². The molecule has 1 aromatic heterocycles. The SMILES string of the molecule is Fc1cccc(-c2nnc(CN3CCC(C4CCNCC4)CC3)o2)c1. The van der Waals surface area contributed by atoms with Crippen LogP contribution in [0.25, 0.3) is 11.5 Å². The maximum Gasteiger partial charge on any atom is 0.247 e. The van der Waals surface area contributed by atoms with Crippen molar-refractivity contribution in [1.82, 2.24) is 20.4 Å². The Kier molecular flexibility index (Phi) is 5.08. The highest BCUT2D eigenvalue weighted by molar-refractivity contribution is 5.52. The molecule has 2 aliphatic heterocycles. The molecule has 4 rings (SSSR count). The summed E-state index contributed by atoms with van der Waals surface area (Å²) in [5, 5.41) is 11.7. The van der Waals surface area contributed by atoms with Crippen LogP contribution in [0.3, 0.4) is 0 Å². The van der Waals surface area contributed by atoms with E-state index in [2.05, 4.69) is 20.4 Å². The molecule has 0 radical (unpaired) electrons. The van der Waals surface area contributed by atoms with Gasteiger partial charge in [-0.1, -0.05) is 6.07 Å². The van der Waals surface area contributed by atoms with Gasteiger partial charge in [-0.15, -0.1) is 10.2 Å². The topological polar surface area (TPSA) is 54.2 Å². The smallest absolute Gasteiger partial charge is 0.247 e. The normalized spacial score (nSPS) is 20.8. The van der Waals surface area contributed by atoms with E-state index in [1.165, 1.54) is 50.9 Å². The van der Waals surface area contributed by atoms with Gasteiger partial charge >= 0.3 is 0 Å². The summed E-state index contributed by atoms with van der Waals surface area (Å²) in [5.74, 6) is 2.46. The molecule has 0 bridgehead atoms. The highest BCUT2D eigenvalue weighted by Crippen LogP contribution is 2.31. The van der Waals surface area contributed by atoms with Crippen LogP contribution in [-0.4, -0.2) is 41.3 Å². The summed E-state index contributed by atoms with van der Waals surface area (Å²) in [6.45, 7) is 5.21. The van der Waals surface area contributed by atoms with Crippen LogP contribution in [0, 0.1) is 17.7 Å². The van der Waals surface area contributed by atoms with Gasteiger partial charge in [-0.05, 0) is 81.9 Å². The van der Waals surface area contributed by atoms with Crippen LogP contribution in [0.2, 0.25) is 0 Å². The van der Waals surface area contributed by atoms with E-state index in [0.29, 0.717) is 23.9 Å². The lowest BCUT2D eigenvalue weighted by molar-refractivity contribution is 0.119. The number of hydrogen-bond acceptors (Lipinski definition) is 5. The first-order valence-electron chi connectivity index (χ1n) is 9.29. The van der Waals surface area contributed by atoms with Crippen molar-refractivity contribution in [3.63, 3.8) is 0 Å². The number of nitrogens with one attached hydrogen (secondary N) is 1. The average Bonchev–Trinajstić information content (AvgIpc) is 3.12. The van der Waals surface area contributed by atoms with Crippen molar-refractivity contribution in [3.05, 3.63) is 36.0 Å². The van der Waals surface area contributed by atoms with Gasteiger partial charge in [0.05, 0.1) is 6.54 Å². The molecule has 0 amide bonds. The summed E-state index contributed by atoms with van der Waals surface area (Å²) in [6, 6.07) is 6.26. The van der Waals surface area contributed by atoms with Gasteiger partial charge in [0.2, 0.25) is 11.8 Å². The molecule has 0 atom stereocenters. The first-order chi connectivity index (χ1) is 12.3. The number of nitrogens with zero attached hydrogens (tertiary/aromatic N) is 3. The van der Waals surface area contributed by atoms with Crippen LogP contribution < -0.4 is 5.32 Å². The molecule has 0 aliphatic carbocycles. The van der Waals surface area contributed by atoms with Crippen molar-refractivity contribution >= 4 is 0 Å². The zero-order valence-electron chi connectivity index (χ0n) is 14.5. The van der Waals surface area contributed by atoms with Gasteiger partial charge in [-0.25, -0.2) is 4.39 Å². The number of aromatic nitrogens is 2. The molecule has 6 heteroatoms. The Labute approximate surface area is 147 Å². The van der Waals surface area contributed by atoms with Crippen molar-refractivity contribution in [3.8, 4) is 11.5 Å². The van der Waals surface area contributed by atoms with E-state index < -0.39 is 0 Å². The number of rotatable bonds is 4. The molecular weight excluding hydrogens is 319 g/mol. The summed E-state index contributed by atoms with van der Waals surface area (Å²) >= 11 is 0. The van der Waals surface area contributed by atoms with Gasteiger partial charge in [0.15, 0.2) is 0 Å². The van der Waals surface area contributed by atoms with E-state index >= 15 is 0 Å². The van der Waals surface area contributed by atoms with E-state index in [1.54, 1.807) is 12.1 Å². The largest absolute Gasteiger partial charge is 0.419 e. The maximum absolute atomic E-state index is 13.3. The van der Waals surface area contributed by atoms with Crippen molar-refractivity contribution in [2.24, 2.45) is 11.8 Å². The van der Waals surface area contributed by atoms with E-state index in [1.807, 2.05) is 0 Å². The molecule has 3 heterocycles. The van der Waals surface area contributed by atoms with Crippen LogP contribution in [0.5, 0.6) is 0 Å². The zero-order chi connectivity index (χ0) is 17.1. The minimum absolute atomic E-state index is 0.294. The molecule has 25 heavy (non-hydrogen) atoms. The summed E-state index contributed by atoms with van der Waals surface area (Å²) in [6.07, 6.45) is 5.17. The first kappa shape index (κ1) is 16.7. The fourth-order valence-corrected chi connectivity index (χ4v) is 4.15. The van der Waals surface area contributed by atoms with Crippen LogP contribution in [0.4, 0.5) is 4.39 Å². The standard InChI is InChI=1S/C19H25FN4O/c20-17-3-1-2-16(12-17)19-23-22-18(25-19)13-24-10-6-15(7-11-24)14-4-8-21-9-5-14/h1-3,12,14-15,21H,4-11,13H2. The van der Waals surface area contributed by atoms with E-state index in [0.717, 1.165) is 24.9 Å². The number of halogens is 1. The Morgan fingerprint density at radius 1 is 1.08 bits per heavy atom. The molecule has 5 nitrogen and oxygen atoms in total. The summed E-state index contributed by atoms with van der Waals surface area (Å²) in [4.78, 5) is 2.39. The summed E-state index contributed by atoms with van der Waals surface area (Å²) < 4.78 is 19.1. The predicted molar refractivity (Wildman–Crippen MR) is 93.3 cm³/mol. The molecule has 0 unspecified atom stereocenters. The lowest BCUT2D eigenvalue weighted by Gasteiger charge is -2.37. The minimum Gasteiger partial charge on any atom is -0.419 e. The molecule has 134 valence electrons. The number of benzene rings is 1. The van der Waals surface area contributed by atoms with E-state index in [9.17, 15) is 4.39 Å². The van der Waals surface area contributed by atoms with Gasteiger partial charge in [0, 0.05) is 5.56 Å². The molecule has 2 aromatic rings. The average molecular weight is 344 g/mol. The fourth-order valence-electron chi connectivity index (χ4n) is 4.15. The Balaban J connectivity index is 1.31. The Bertz CT molecular complexity index is 690. The third kappa shape index (κ3) is 4.07. The fraction of sp³-hybridized carbons (Fsp3) is 0.579. The first-order valence-corrected chi connectivity index (χ1v) is 9.29. The second-order valence-corrected chi connectivity index (χ2v) is 7.21. The zero-order valence-corrected chi connectivity index (χ0v) is 14.5. The molecule has 0 spiro atoms. The van der Waals surface area contributed by atoms with Crippen molar-refractivity contribution in [2.75, 3.05) is 26.2 Å². The summed E-state index contributed by atoms with van der Waals surface area (Å²) in [5.41, 5.74) is 0.628. The van der Waals surface area contributed by atoms with Crippen LogP contribution in [0.15, 0.2) is 28.7 Å². The maximum atomic E-state index is 13.3. The highest BCUT2D eigenvalue weighted by atomic mass is 19.1.